The van der Waals surface area contributed by atoms with Crippen LogP contribution in [0.3, 0.4) is 0 Å². The van der Waals surface area contributed by atoms with Gasteiger partial charge in [-0.25, -0.2) is 4.98 Å². The maximum absolute atomic E-state index is 13.1. The molecule has 0 bridgehead atoms. The summed E-state index contributed by atoms with van der Waals surface area (Å²) in [6.07, 6.45) is 1.09. The van der Waals surface area contributed by atoms with E-state index >= 15 is 0 Å². The van der Waals surface area contributed by atoms with Gasteiger partial charge in [-0.3, -0.25) is 14.5 Å². The van der Waals surface area contributed by atoms with Crippen molar-refractivity contribution < 1.29 is 9.59 Å². The molecule has 3 heterocycles. The molecular weight excluding hydrogens is 456 g/mol. The summed E-state index contributed by atoms with van der Waals surface area (Å²) in [5, 5.41) is 5.75. The van der Waals surface area contributed by atoms with Gasteiger partial charge in [-0.05, 0) is 17.0 Å². The molecule has 1 fully saturated rings. The van der Waals surface area contributed by atoms with E-state index in [1.165, 1.54) is 10.4 Å². The quantitative estimate of drug-likeness (QED) is 0.442. The Hall–Kier alpha value is -3.55. The Morgan fingerprint density at radius 1 is 1.03 bits per heavy atom. The molecule has 0 aliphatic carbocycles. The fourth-order valence-electron chi connectivity index (χ4n) is 5.05. The lowest BCUT2D eigenvalue weighted by Crippen LogP contribution is -2.29. The number of benzene rings is 3. The molecule has 1 saturated heterocycles. The van der Waals surface area contributed by atoms with Gasteiger partial charge in [0.1, 0.15) is 0 Å². The van der Waals surface area contributed by atoms with E-state index < -0.39 is 5.92 Å². The summed E-state index contributed by atoms with van der Waals surface area (Å²) in [6, 6.07) is 24.4. The molecule has 6 rings (SSSR count). The van der Waals surface area contributed by atoms with Gasteiger partial charge >= 0.3 is 0 Å². The van der Waals surface area contributed by atoms with E-state index in [4.69, 9.17) is 4.98 Å². The Morgan fingerprint density at radius 2 is 1.83 bits per heavy atom. The standard InChI is InChI=1S/C28H26N4O2S/c33-26-15-21(17-32(26)24-12-6-10-20-9-4-5-11-22(20)24)27(34)30-28-29-23-13-14-31(18-25(23)35-28)16-19-7-2-1-3-8-19/h1-12,21H,13-18H2,(H,29,30,34). The second-order valence-electron chi connectivity index (χ2n) is 9.23. The van der Waals surface area contributed by atoms with Crippen molar-refractivity contribution in [3.05, 3.63) is 88.9 Å². The van der Waals surface area contributed by atoms with E-state index in [1.807, 2.05) is 48.5 Å². The van der Waals surface area contributed by atoms with Crippen LogP contribution in [0, 0.1) is 5.92 Å². The van der Waals surface area contributed by atoms with E-state index in [2.05, 4.69) is 34.5 Å². The summed E-state index contributed by atoms with van der Waals surface area (Å²) in [5.74, 6) is -0.540. The number of hydrogen-bond donors (Lipinski definition) is 1. The molecule has 35 heavy (non-hydrogen) atoms. The molecule has 176 valence electrons. The molecular formula is C28H26N4O2S. The molecule has 3 aromatic carbocycles. The van der Waals surface area contributed by atoms with Crippen molar-refractivity contribution in [1.29, 1.82) is 0 Å². The van der Waals surface area contributed by atoms with Crippen molar-refractivity contribution in [3.63, 3.8) is 0 Å². The first-order chi connectivity index (χ1) is 17.1. The highest BCUT2D eigenvalue weighted by Gasteiger charge is 2.36. The van der Waals surface area contributed by atoms with Crippen LogP contribution in [0.15, 0.2) is 72.8 Å². The predicted molar refractivity (Wildman–Crippen MR) is 139 cm³/mol. The summed E-state index contributed by atoms with van der Waals surface area (Å²) < 4.78 is 0. The zero-order valence-corrected chi connectivity index (χ0v) is 20.1. The Labute approximate surface area is 208 Å². The van der Waals surface area contributed by atoms with Crippen molar-refractivity contribution in [3.8, 4) is 0 Å². The zero-order chi connectivity index (χ0) is 23.8. The van der Waals surface area contributed by atoms with Crippen LogP contribution >= 0.6 is 11.3 Å². The highest BCUT2D eigenvalue weighted by atomic mass is 32.1. The van der Waals surface area contributed by atoms with Crippen molar-refractivity contribution in [2.75, 3.05) is 23.3 Å². The number of fused-ring (bicyclic) bond motifs is 2. The number of nitrogens with one attached hydrogen (secondary N) is 1. The van der Waals surface area contributed by atoms with Crippen LogP contribution in [-0.2, 0) is 29.1 Å². The minimum atomic E-state index is -0.392. The van der Waals surface area contributed by atoms with Crippen molar-refractivity contribution in [2.24, 2.45) is 5.92 Å². The fraction of sp³-hybridized carbons (Fsp3) is 0.250. The fourth-order valence-corrected chi connectivity index (χ4v) is 6.10. The topological polar surface area (TPSA) is 65.5 Å². The molecule has 1 atom stereocenters. The summed E-state index contributed by atoms with van der Waals surface area (Å²) in [4.78, 5) is 36.0. The van der Waals surface area contributed by atoms with Gasteiger partial charge in [-0.15, -0.1) is 11.3 Å². The average molecular weight is 483 g/mol. The molecule has 6 nitrogen and oxygen atoms in total. The Kier molecular flexibility index (Phi) is 5.80. The van der Waals surface area contributed by atoms with Crippen LogP contribution in [0.4, 0.5) is 10.8 Å². The van der Waals surface area contributed by atoms with Gasteiger partial charge in [0.25, 0.3) is 0 Å². The normalized spacial score (nSPS) is 18.1. The van der Waals surface area contributed by atoms with E-state index in [-0.39, 0.29) is 18.2 Å². The van der Waals surface area contributed by atoms with E-state index in [0.29, 0.717) is 11.7 Å². The SMILES string of the molecule is O=C(Nc1nc2c(s1)CN(Cc1ccccc1)CC2)C1CC(=O)N(c2cccc3ccccc23)C1. The summed E-state index contributed by atoms with van der Waals surface area (Å²) >= 11 is 1.55. The molecule has 2 amide bonds. The first kappa shape index (κ1) is 21.9. The minimum Gasteiger partial charge on any atom is -0.311 e. The van der Waals surface area contributed by atoms with Gasteiger partial charge in [0.15, 0.2) is 5.13 Å². The lowest BCUT2D eigenvalue weighted by molar-refractivity contribution is -0.122. The number of amides is 2. The highest BCUT2D eigenvalue weighted by molar-refractivity contribution is 7.15. The number of aromatic nitrogens is 1. The zero-order valence-electron chi connectivity index (χ0n) is 19.3. The van der Waals surface area contributed by atoms with Crippen LogP contribution < -0.4 is 10.2 Å². The first-order valence-corrected chi connectivity index (χ1v) is 12.8. The lowest BCUT2D eigenvalue weighted by atomic mass is 10.1. The monoisotopic (exact) mass is 482 g/mol. The minimum absolute atomic E-state index is 0.0171. The van der Waals surface area contributed by atoms with Crippen LogP contribution in [-0.4, -0.2) is 34.8 Å². The van der Waals surface area contributed by atoms with Crippen LogP contribution in [0.1, 0.15) is 22.6 Å². The van der Waals surface area contributed by atoms with Gasteiger partial charge in [0.2, 0.25) is 11.8 Å². The van der Waals surface area contributed by atoms with Gasteiger partial charge in [-0.1, -0.05) is 66.7 Å². The van der Waals surface area contributed by atoms with Crippen molar-refractivity contribution in [1.82, 2.24) is 9.88 Å². The molecule has 0 spiro atoms. The molecule has 0 radical (unpaired) electrons. The van der Waals surface area contributed by atoms with Gasteiger partial charge in [0, 0.05) is 49.3 Å². The smallest absolute Gasteiger partial charge is 0.231 e. The maximum Gasteiger partial charge on any atom is 0.231 e. The summed E-state index contributed by atoms with van der Waals surface area (Å²) in [6.45, 7) is 3.09. The maximum atomic E-state index is 13.1. The van der Waals surface area contributed by atoms with E-state index in [1.54, 1.807) is 16.2 Å². The number of carbonyl (C=O) groups is 2. The van der Waals surface area contributed by atoms with Gasteiger partial charge < -0.3 is 10.2 Å². The number of rotatable bonds is 5. The molecule has 0 saturated carbocycles. The molecule has 4 aromatic rings. The molecule has 1 unspecified atom stereocenters. The predicted octanol–water partition coefficient (Wildman–Crippen LogP) is 4.85. The molecule has 7 heteroatoms. The molecule has 2 aliphatic heterocycles. The summed E-state index contributed by atoms with van der Waals surface area (Å²) in [5.41, 5.74) is 3.25. The number of nitrogens with zero attached hydrogens (tertiary/aromatic N) is 3. The first-order valence-electron chi connectivity index (χ1n) is 12.0. The third-order valence-electron chi connectivity index (χ3n) is 6.84. The van der Waals surface area contributed by atoms with E-state index in [0.717, 1.165) is 48.2 Å². The Bertz CT molecular complexity index is 1400. The van der Waals surface area contributed by atoms with Crippen LogP contribution in [0.5, 0.6) is 0 Å². The second kappa shape index (κ2) is 9.24. The third-order valence-corrected chi connectivity index (χ3v) is 7.84. The molecule has 2 aliphatic rings. The second-order valence-corrected chi connectivity index (χ2v) is 10.3. The molecule has 1 aromatic heterocycles. The number of carbonyl (C=O) groups excluding carboxylic acids is 2. The average Bonchev–Trinajstić information content (AvgIpc) is 3.46. The van der Waals surface area contributed by atoms with Crippen molar-refractivity contribution >= 4 is 44.7 Å². The third kappa shape index (κ3) is 4.45. The molecule has 1 N–H and O–H groups in total. The van der Waals surface area contributed by atoms with Crippen LogP contribution in [0.25, 0.3) is 10.8 Å². The van der Waals surface area contributed by atoms with Gasteiger partial charge in [0.05, 0.1) is 17.3 Å². The number of hydrogen-bond acceptors (Lipinski definition) is 5. The lowest BCUT2D eigenvalue weighted by Gasteiger charge is -2.25. The number of anilines is 2. The van der Waals surface area contributed by atoms with Gasteiger partial charge in [-0.2, -0.15) is 0 Å². The highest BCUT2D eigenvalue weighted by Crippen LogP contribution is 2.33. The number of thiazole rings is 1. The van der Waals surface area contributed by atoms with Crippen LogP contribution in [0.2, 0.25) is 0 Å². The Morgan fingerprint density at radius 3 is 2.71 bits per heavy atom. The Balaban J connectivity index is 1.12. The summed E-state index contributed by atoms with van der Waals surface area (Å²) in [7, 11) is 0. The van der Waals surface area contributed by atoms with E-state index in [9.17, 15) is 9.59 Å². The van der Waals surface area contributed by atoms with Crippen molar-refractivity contribution in [2.45, 2.75) is 25.9 Å². The largest absolute Gasteiger partial charge is 0.311 e.